The van der Waals surface area contributed by atoms with Gasteiger partial charge in [0.1, 0.15) is 6.61 Å². The fourth-order valence-corrected chi connectivity index (χ4v) is 5.67. The molecule has 178 valence electrons. The third kappa shape index (κ3) is 3.52. The second-order valence-electron chi connectivity index (χ2n) is 9.38. The van der Waals surface area contributed by atoms with E-state index >= 15 is 0 Å². The predicted molar refractivity (Wildman–Crippen MR) is 122 cm³/mol. The van der Waals surface area contributed by atoms with Crippen LogP contribution in [0.5, 0.6) is 0 Å². The van der Waals surface area contributed by atoms with Crippen LogP contribution in [0.1, 0.15) is 46.8 Å². The van der Waals surface area contributed by atoms with Gasteiger partial charge in [0.15, 0.2) is 0 Å². The Bertz CT molecular complexity index is 1310. The van der Waals surface area contributed by atoms with E-state index in [9.17, 15) is 19.5 Å². The van der Waals surface area contributed by atoms with Gasteiger partial charge in [0.05, 0.1) is 5.41 Å². The van der Waals surface area contributed by atoms with Crippen molar-refractivity contribution in [2.24, 2.45) is 11.3 Å². The van der Waals surface area contributed by atoms with Crippen molar-refractivity contribution in [2.75, 3.05) is 11.9 Å². The number of hydrogen-bond acceptors (Lipinski definition) is 7. The van der Waals surface area contributed by atoms with Crippen LogP contribution in [0.4, 0.5) is 10.6 Å². The number of aliphatic carboxylic acids is 1. The SMILES string of the molecule is O=C(Nc1nonc1C(=O)N[C@H]1C[C@@H]2C[C@]2(C(=O)O)C1)OCC1c2ccccc2-c2ccccc21. The molecule has 1 heterocycles. The Morgan fingerprint density at radius 3 is 2.37 bits per heavy atom. The molecule has 2 amide bonds. The fourth-order valence-electron chi connectivity index (χ4n) is 5.67. The van der Waals surface area contributed by atoms with E-state index in [1.807, 2.05) is 48.5 Å². The standard InChI is InChI=1S/C25H22N4O6/c30-22(26-14-9-13-10-25(13,11-14)23(31)32)20-21(29-35-28-20)27-24(33)34-12-19-17-7-3-1-5-15(17)16-6-2-4-8-18(16)19/h1-8,13-14,19H,9-12H2,(H,26,30)(H,31,32)(H,27,29,33)/t13-,14+,25+/m1/s1. The number of carbonyl (C=O) groups is 3. The van der Waals surface area contributed by atoms with Crippen molar-refractivity contribution >= 4 is 23.8 Å². The highest BCUT2D eigenvalue weighted by molar-refractivity contribution is 5.99. The van der Waals surface area contributed by atoms with Gasteiger partial charge < -0.3 is 15.2 Å². The van der Waals surface area contributed by atoms with Crippen LogP contribution in [0, 0.1) is 11.3 Å². The lowest BCUT2D eigenvalue weighted by molar-refractivity contribution is -0.143. The Balaban J connectivity index is 1.09. The van der Waals surface area contributed by atoms with Gasteiger partial charge in [-0.1, -0.05) is 48.5 Å². The van der Waals surface area contributed by atoms with Crippen molar-refractivity contribution < 1.29 is 28.9 Å². The Hall–Kier alpha value is -4.21. The first-order valence-corrected chi connectivity index (χ1v) is 11.4. The number of carboxylic acids is 1. The zero-order valence-electron chi connectivity index (χ0n) is 18.6. The number of anilines is 1. The third-order valence-electron chi connectivity index (χ3n) is 7.44. The van der Waals surface area contributed by atoms with Crippen LogP contribution in [0.25, 0.3) is 11.1 Å². The molecule has 3 aromatic rings. The lowest BCUT2D eigenvalue weighted by Gasteiger charge is -2.15. The molecule has 10 nitrogen and oxygen atoms in total. The number of benzene rings is 2. The molecule has 3 N–H and O–H groups in total. The second kappa shape index (κ2) is 7.93. The summed E-state index contributed by atoms with van der Waals surface area (Å²) in [5.74, 6) is -1.59. The van der Waals surface area contributed by atoms with Crippen LogP contribution < -0.4 is 10.6 Å². The van der Waals surface area contributed by atoms with Crippen molar-refractivity contribution in [3.05, 3.63) is 65.4 Å². The van der Waals surface area contributed by atoms with Crippen molar-refractivity contribution in [1.82, 2.24) is 15.6 Å². The number of ether oxygens (including phenoxy) is 1. The topological polar surface area (TPSA) is 144 Å². The van der Waals surface area contributed by atoms with Crippen molar-refractivity contribution in [3.63, 3.8) is 0 Å². The maximum atomic E-state index is 12.7. The van der Waals surface area contributed by atoms with Gasteiger partial charge in [-0.3, -0.25) is 14.9 Å². The zero-order chi connectivity index (χ0) is 24.2. The summed E-state index contributed by atoms with van der Waals surface area (Å²) >= 11 is 0. The van der Waals surface area contributed by atoms with E-state index < -0.39 is 23.4 Å². The van der Waals surface area contributed by atoms with Crippen LogP contribution in [-0.4, -0.2) is 46.0 Å². The van der Waals surface area contributed by atoms with Crippen LogP contribution >= 0.6 is 0 Å². The molecule has 35 heavy (non-hydrogen) atoms. The summed E-state index contributed by atoms with van der Waals surface area (Å²) in [4.78, 5) is 36.7. The highest BCUT2D eigenvalue weighted by Crippen LogP contribution is 2.63. The lowest BCUT2D eigenvalue weighted by Crippen LogP contribution is -2.35. The second-order valence-corrected chi connectivity index (χ2v) is 9.38. The van der Waals surface area contributed by atoms with Crippen molar-refractivity contribution in [1.29, 1.82) is 0 Å². The van der Waals surface area contributed by atoms with Gasteiger partial charge >= 0.3 is 12.1 Å². The summed E-state index contributed by atoms with van der Waals surface area (Å²) in [6.07, 6.45) is 0.829. The quantitative estimate of drug-likeness (QED) is 0.493. The van der Waals surface area contributed by atoms with E-state index in [1.54, 1.807) is 0 Å². The zero-order valence-corrected chi connectivity index (χ0v) is 18.6. The summed E-state index contributed by atoms with van der Waals surface area (Å²) < 4.78 is 10.1. The molecule has 2 fully saturated rings. The molecule has 2 saturated carbocycles. The number of nitrogens with one attached hydrogen (secondary N) is 2. The first-order valence-electron chi connectivity index (χ1n) is 11.4. The molecular formula is C25H22N4O6. The number of fused-ring (bicyclic) bond motifs is 4. The molecule has 0 bridgehead atoms. The van der Waals surface area contributed by atoms with Crippen LogP contribution in [0.3, 0.4) is 0 Å². The number of rotatable bonds is 6. The van der Waals surface area contributed by atoms with Crippen LogP contribution in [0.15, 0.2) is 53.2 Å². The summed E-state index contributed by atoms with van der Waals surface area (Å²) in [5.41, 5.74) is 3.49. The molecule has 3 aliphatic carbocycles. The van der Waals surface area contributed by atoms with Crippen molar-refractivity contribution in [2.45, 2.75) is 31.2 Å². The first kappa shape index (κ1) is 21.3. The van der Waals surface area contributed by atoms with E-state index in [2.05, 4.69) is 25.6 Å². The van der Waals surface area contributed by atoms with Gasteiger partial charge in [-0.2, -0.15) is 0 Å². The highest BCUT2D eigenvalue weighted by Gasteiger charge is 2.65. The largest absolute Gasteiger partial charge is 0.481 e. The molecule has 6 rings (SSSR count). The summed E-state index contributed by atoms with van der Waals surface area (Å²) in [6.45, 7) is 0.105. The molecule has 0 spiro atoms. The van der Waals surface area contributed by atoms with Gasteiger partial charge in [0.25, 0.3) is 5.91 Å². The molecule has 3 atom stereocenters. The summed E-state index contributed by atoms with van der Waals surface area (Å²) in [5, 5.41) is 21.8. The monoisotopic (exact) mass is 474 g/mol. The van der Waals surface area contributed by atoms with Crippen molar-refractivity contribution in [3.8, 4) is 11.1 Å². The molecule has 0 aliphatic heterocycles. The maximum absolute atomic E-state index is 12.7. The number of carbonyl (C=O) groups excluding carboxylic acids is 2. The van der Waals surface area contributed by atoms with E-state index in [-0.39, 0.29) is 36.0 Å². The van der Waals surface area contributed by atoms with Gasteiger partial charge in [-0.05, 0) is 57.7 Å². The molecule has 2 aromatic carbocycles. The minimum Gasteiger partial charge on any atom is -0.481 e. The predicted octanol–water partition coefficient (Wildman–Crippen LogP) is 3.41. The molecule has 1 aromatic heterocycles. The van der Waals surface area contributed by atoms with Gasteiger partial charge in [0.2, 0.25) is 11.5 Å². The minimum atomic E-state index is -0.819. The lowest BCUT2D eigenvalue weighted by atomic mass is 9.98. The first-order chi connectivity index (χ1) is 17.0. The Kier molecular flexibility index (Phi) is 4.84. The Morgan fingerprint density at radius 1 is 1.03 bits per heavy atom. The smallest absolute Gasteiger partial charge is 0.412 e. The van der Waals surface area contributed by atoms with E-state index in [0.717, 1.165) is 22.3 Å². The highest BCUT2D eigenvalue weighted by atomic mass is 16.6. The minimum absolute atomic E-state index is 0.0826. The molecule has 0 saturated heterocycles. The summed E-state index contributed by atoms with van der Waals surface area (Å²) in [7, 11) is 0. The van der Waals surface area contributed by atoms with Crippen LogP contribution in [-0.2, 0) is 9.53 Å². The molecule has 0 unspecified atom stereocenters. The molecule has 10 heteroatoms. The number of aromatic nitrogens is 2. The van der Waals surface area contributed by atoms with E-state index in [4.69, 9.17) is 4.74 Å². The third-order valence-corrected chi connectivity index (χ3v) is 7.44. The fraction of sp³-hybridized carbons (Fsp3) is 0.320. The number of carboxylic acid groups (broad SMARTS) is 1. The van der Waals surface area contributed by atoms with E-state index in [0.29, 0.717) is 19.3 Å². The van der Waals surface area contributed by atoms with E-state index in [1.165, 1.54) is 0 Å². The van der Waals surface area contributed by atoms with Gasteiger partial charge in [-0.25, -0.2) is 9.42 Å². The molecular weight excluding hydrogens is 452 g/mol. The number of amides is 2. The maximum Gasteiger partial charge on any atom is 0.412 e. The van der Waals surface area contributed by atoms with Crippen LogP contribution in [0.2, 0.25) is 0 Å². The average molecular weight is 474 g/mol. The normalized spacial score (nSPS) is 23.7. The summed E-state index contributed by atoms with van der Waals surface area (Å²) in [6, 6.07) is 15.7. The number of hydrogen-bond donors (Lipinski definition) is 3. The molecule has 0 radical (unpaired) electrons. The molecule has 3 aliphatic rings. The van der Waals surface area contributed by atoms with Gasteiger partial charge in [-0.15, -0.1) is 0 Å². The Morgan fingerprint density at radius 2 is 1.71 bits per heavy atom. The Labute approximate surface area is 199 Å². The average Bonchev–Trinajstić information content (AvgIpc) is 3.17. The number of nitrogens with zero attached hydrogens (tertiary/aromatic N) is 2. The van der Waals surface area contributed by atoms with Gasteiger partial charge in [0, 0.05) is 12.0 Å².